The summed E-state index contributed by atoms with van der Waals surface area (Å²) in [6, 6.07) is 26.2. The van der Waals surface area contributed by atoms with Crippen LogP contribution in [0.2, 0.25) is 0 Å². The Balaban J connectivity index is 1.19. The molecular weight excluding hydrogens is 522 g/mol. The fourth-order valence-electron chi connectivity index (χ4n) is 6.31. The predicted molar refractivity (Wildman–Crippen MR) is 151 cm³/mol. The van der Waals surface area contributed by atoms with Gasteiger partial charge in [-0.1, -0.05) is 78.9 Å². The number of ether oxygens (including phenoxy) is 2. The molecule has 0 spiro atoms. The van der Waals surface area contributed by atoms with E-state index in [2.05, 4.69) is 34.5 Å². The smallest absolute Gasteiger partial charge is 0.408 e. The minimum atomic E-state index is -1.24. The number of morpholine rings is 1. The van der Waals surface area contributed by atoms with Gasteiger partial charge in [0.25, 0.3) is 0 Å². The molecule has 2 unspecified atom stereocenters. The average molecular weight is 556 g/mol. The van der Waals surface area contributed by atoms with E-state index in [1.54, 1.807) is 0 Å². The molecule has 2 N–H and O–H groups in total. The van der Waals surface area contributed by atoms with E-state index in [0.29, 0.717) is 26.1 Å². The molecule has 2 saturated heterocycles. The Morgan fingerprint density at radius 2 is 1.59 bits per heavy atom. The number of carboxylic acid groups (broad SMARTS) is 1. The number of hydrogen-bond acceptors (Lipinski definition) is 6. The maximum absolute atomic E-state index is 14.0. The van der Waals surface area contributed by atoms with E-state index in [1.165, 1.54) is 4.90 Å². The van der Waals surface area contributed by atoms with Gasteiger partial charge in [0.15, 0.2) is 6.10 Å². The van der Waals surface area contributed by atoms with Gasteiger partial charge in [-0.15, -0.1) is 0 Å². The van der Waals surface area contributed by atoms with Gasteiger partial charge < -0.3 is 24.8 Å². The lowest BCUT2D eigenvalue weighted by atomic mass is 9.96. The van der Waals surface area contributed by atoms with Crippen molar-refractivity contribution in [1.82, 2.24) is 15.1 Å². The zero-order valence-electron chi connectivity index (χ0n) is 22.7. The number of amides is 2. The summed E-state index contributed by atoms with van der Waals surface area (Å²) in [5.74, 6) is -1.53. The molecule has 1 aliphatic carbocycles. The van der Waals surface area contributed by atoms with Crippen LogP contribution in [-0.2, 0) is 25.6 Å². The zero-order valence-corrected chi connectivity index (χ0v) is 22.7. The lowest BCUT2D eigenvalue weighted by Crippen LogP contribution is -2.63. The molecule has 9 heteroatoms. The Morgan fingerprint density at radius 1 is 0.927 bits per heavy atom. The third-order valence-corrected chi connectivity index (χ3v) is 8.32. The molecule has 6 rings (SSSR count). The highest BCUT2D eigenvalue weighted by Crippen LogP contribution is 2.44. The summed E-state index contributed by atoms with van der Waals surface area (Å²) in [6.45, 7) is 1.96. The minimum absolute atomic E-state index is 0.0685. The van der Waals surface area contributed by atoms with Gasteiger partial charge in [-0.3, -0.25) is 9.69 Å². The molecule has 3 aromatic rings. The number of fused-ring (bicyclic) bond motifs is 3. The van der Waals surface area contributed by atoms with E-state index in [9.17, 15) is 19.5 Å². The largest absolute Gasteiger partial charge is 0.479 e. The second-order valence-electron chi connectivity index (χ2n) is 10.9. The van der Waals surface area contributed by atoms with Crippen LogP contribution in [0.15, 0.2) is 78.9 Å². The van der Waals surface area contributed by atoms with E-state index in [1.807, 2.05) is 54.6 Å². The molecule has 2 aliphatic heterocycles. The number of alkyl carbamates (subject to hydrolysis) is 1. The normalized spacial score (nSPS) is 22.1. The summed E-state index contributed by atoms with van der Waals surface area (Å²) < 4.78 is 11.2. The van der Waals surface area contributed by atoms with Gasteiger partial charge in [0, 0.05) is 32.1 Å². The molecule has 2 heterocycles. The molecule has 9 nitrogen and oxygen atoms in total. The number of aliphatic carboxylic acids is 1. The van der Waals surface area contributed by atoms with Crippen LogP contribution < -0.4 is 5.32 Å². The number of nitrogens with one attached hydrogen (secondary N) is 1. The molecule has 212 valence electrons. The van der Waals surface area contributed by atoms with Gasteiger partial charge in [-0.25, -0.2) is 9.59 Å². The fourth-order valence-corrected chi connectivity index (χ4v) is 6.31. The molecule has 2 amide bonds. The quantitative estimate of drug-likeness (QED) is 0.460. The molecule has 3 aromatic carbocycles. The number of likely N-dealkylation sites (tertiary alicyclic amines) is 1. The van der Waals surface area contributed by atoms with Gasteiger partial charge in [0.1, 0.15) is 12.1 Å². The maximum Gasteiger partial charge on any atom is 0.408 e. The monoisotopic (exact) mass is 555 g/mol. The first-order valence-electron chi connectivity index (χ1n) is 14.0. The summed E-state index contributed by atoms with van der Waals surface area (Å²) in [6.07, 6.45) is -1.37. The summed E-state index contributed by atoms with van der Waals surface area (Å²) in [7, 11) is 0. The van der Waals surface area contributed by atoms with Crippen molar-refractivity contribution in [2.75, 3.05) is 39.4 Å². The molecule has 0 bridgehead atoms. The number of benzene rings is 3. The van der Waals surface area contributed by atoms with Crippen LogP contribution in [0.3, 0.4) is 0 Å². The van der Waals surface area contributed by atoms with Crippen molar-refractivity contribution in [2.45, 2.75) is 30.5 Å². The fraction of sp³-hybridized carbons (Fsp3) is 0.344. The molecule has 0 saturated carbocycles. The van der Waals surface area contributed by atoms with Crippen molar-refractivity contribution in [2.24, 2.45) is 0 Å². The highest BCUT2D eigenvalue weighted by molar-refractivity contribution is 5.91. The molecule has 3 aliphatic rings. The molecule has 41 heavy (non-hydrogen) atoms. The Bertz CT molecular complexity index is 1400. The first-order chi connectivity index (χ1) is 19.9. The second kappa shape index (κ2) is 11.3. The molecular formula is C32H33N3O6. The van der Waals surface area contributed by atoms with Gasteiger partial charge in [-0.05, 0) is 34.2 Å². The summed E-state index contributed by atoms with van der Waals surface area (Å²) in [4.78, 5) is 42.6. The van der Waals surface area contributed by atoms with Crippen molar-refractivity contribution in [1.29, 1.82) is 0 Å². The van der Waals surface area contributed by atoms with Crippen LogP contribution in [0.25, 0.3) is 11.1 Å². The van der Waals surface area contributed by atoms with E-state index in [0.717, 1.165) is 27.8 Å². The van der Waals surface area contributed by atoms with Crippen LogP contribution in [0.4, 0.5) is 4.79 Å². The molecule has 0 aromatic heterocycles. The maximum atomic E-state index is 14.0. The SMILES string of the molecule is O=C(NC1(C(=O)N2CCOC(C(=O)O)C2)CCN(Cc2ccccc2)C1)OCC1c2ccccc2-c2ccccc21. The topological polar surface area (TPSA) is 108 Å². The zero-order chi connectivity index (χ0) is 28.4. The predicted octanol–water partition coefficient (Wildman–Crippen LogP) is 3.48. The second-order valence-corrected chi connectivity index (χ2v) is 10.9. The van der Waals surface area contributed by atoms with Crippen molar-refractivity contribution < 1.29 is 29.0 Å². The van der Waals surface area contributed by atoms with E-state index < -0.39 is 23.7 Å². The summed E-state index contributed by atoms with van der Waals surface area (Å²) >= 11 is 0. The van der Waals surface area contributed by atoms with Crippen LogP contribution in [0, 0.1) is 0 Å². The standard InChI is InChI=1S/C32H33N3O6/c36-29(37)28-19-35(16-17-40-28)30(38)32(14-15-34(21-32)18-22-8-2-1-3-9-22)33-31(39)41-20-27-25-12-6-4-10-23(25)24-11-5-7-13-26(24)27/h1-13,27-28H,14-21H2,(H,33,39)(H,36,37). The summed E-state index contributed by atoms with van der Waals surface area (Å²) in [5.41, 5.74) is 4.35. The number of carbonyl (C=O) groups excluding carboxylic acids is 2. The van der Waals surface area contributed by atoms with Gasteiger partial charge >= 0.3 is 12.1 Å². The third kappa shape index (κ3) is 5.42. The van der Waals surface area contributed by atoms with E-state index in [4.69, 9.17) is 9.47 Å². The van der Waals surface area contributed by atoms with Crippen molar-refractivity contribution >= 4 is 18.0 Å². The van der Waals surface area contributed by atoms with Crippen LogP contribution in [-0.4, -0.2) is 83.9 Å². The molecule has 0 radical (unpaired) electrons. The van der Waals surface area contributed by atoms with Gasteiger partial charge in [0.2, 0.25) is 5.91 Å². The van der Waals surface area contributed by atoms with Crippen molar-refractivity contribution in [3.05, 3.63) is 95.6 Å². The minimum Gasteiger partial charge on any atom is -0.479 e. The number of nitrogens with zero attached hydrogens (tertiary/aromatic N) is 2. The third-order valence-electron chi connectivity index (χ3n) is 8.32. The first-order valence-corrected chi connectivity index (χ1v) is 14.0. The highest BCUT2D eigenvalue weighted by atomic mass is 16.5. The molecule has 2 fully saturated rings. The van der Waals surface area contributed by atoms with Crippen LogP contribution >= 0.6 is 0 Å². The lowest BCUT2D eigenvalue weighted by Gasteiger charge is -2.38. The lowest BCUT2D eigenvalue weighted by molar-refractivity contribution is -0.161. The Labute approximate surface area is 238 Å². The van der Waals surface area contributed by atoms with Gasteiger partial charge in [-0.2, -0.15) is 0 Å². The summed E-state index contributed by atoms with van der Waals surface area (Å²) in [5, 5.41) is 12.4. The number of rotatable bonds is 7. The van der Waals surface area contributed by atoms with E-state index in [-0.39, 0.29) is 38.1 Å². The van der Waals surface area contributed by atoms with Crippen molar-refractivity contribution in [3.8, 4) is 11.1 Å². The number of carboxylic acids is 1. The average Bonchev–Trinajstić information content (AvgIpc) is 3.55. The number of hydrogen-bond donors (Lipinski definition) is 2. The van der Waals surface area contributed by atoms with Crippen LogP contribution in [0.5, 0.6) is 0 Å². The Kier molecular flexibility index (Phi) is 7.47. The van der Waals surface area contributed by atoms with E-state index >= 15 is 0 Å². The Morgan fingerprint density at radius 3 is 2.27 bits per heavy atom. The number of carbonyl (C=O) groups is 3. The van der Waals surface area contributed by atoms with Crippen molar-refractivity contribution in [3.63, 3.8) is 0 Å². The van der Waals surface area contributed by atoms with Crippen LogP contribution in [0.1, 0.15) is 29.0 Å². The first kappa shape index (κ1) is 27.0. The Hall–Kier alpha value is -4.21. The van der Waals surface area contributed by atoms with Gasteiger partial charge in [0.05, 0.1) is 13.2 Å². The highest BCUT2D eigenvalue weighted by Gasteiger charge is 2.49. The molecule has 2 atom stereocenters.